The maximum Gasteiger partial charge on any atom is 0.343 e. The van der Waals surface area contributed by atoms with Crippen molar-refractivity contribution in [2.45, 2.75) is 0 Å². The van der Waals surface area contributed by atoms with Gasteiger partial charge in [0.05, 0.1) is 21.8 Å². The van der Waals surface area contributed by atoms with Crippen molar-refractivity contribution in [1.82, 2.24) is 5.43 Å². The minimum absolute atomic E-state index is 0.0378. The van der Waals surface area contributed by atoms with Crippen LogP contribution in [0.2, 0.25) is 0 Å². The number of amides is 1. The molecule has 0 aliphatic carbocycles. The van der Waals surface area contributed by atoms with E-state index >= 15 is 0 Å². The molecule has 0 saturated heterocycles. The van der Waals surface area contributed by atoms with Gasteiger partial charge in [-0.05, 0) is 58.4 Å². The summed E-state index contributed by atoms with van der Waals surface area (Å²) in [7, 11) is 0. The summed E-state index contributed by atoms with van der Waals surface area (Å²) in [4.78, 5) is 24.5. The zero-order valence-electron chi connectivity index (χ0n) is 16.7. The number of para-hydroxylation sites is 1. The van der Waals surface area contributed by atoms with Gasteiger partial charge in [-0.15, -0.1) is 0 Å². The van der Waals surface area contributed by atoms with E-state index in [1.54, 1.807) is 36.4 Å². The van der Waals surface area contributed by atoms with Crippen LogP contribution in [0.1, 0.15) is 21.5 Å². The second-order valence-electron chi connectivity index (χ2n) is 6.40. The molecule has 3 aromatic carbocycles. The minimum atomic E-state index is -0.763. The van der Waals surface area contributed by atoms with E-state index in [0.717, 1.165) is 6.07 Å². The Morgan fingerprint density at radius 2 is 1.91 bits per heavy atom. The van der Waals surface area contributed by atoms with E-state index in [2.05, 4.69) is 42.4 Å². The average Bonchev–Trinajstić information content (AvgIpc) is 2.79. The maximum absolute atomic E-state index is 13.4. The fraction of sp³-hybridized carbons (Fsp3) is 0.0435. The number of benzene rings is 3. The third-order valence-corrected chi connectivity index (χ3v) is 5.10. The number of hydrogen-bond donors (Lipinski definition) is 1. The molecule has 3 rings (SSSR count). The molecule has 0 aliphatic rings. The third-order valence-electron chi connectivity index (χ3n) is 4.05. The lowest BCUT2D eigenvalue weighted by Crippen LogP contribution is -2.24. The van der Waals surface area contributed by atoms with Gasteiger partial charge in [0, 0.05) is 10.0 Å². The first-order valence-electron chi connectivity index (χ1n) is 9.28. The zero-order valence-corrected chi connectivity index (χ0v) is 19.9. The van der Waals surface area contributed by atoms with Gasteiger partial charge in [0.25, 0.3) is 5.91 Å². The van der Waals surface area contributed by atoms with Crippen LogP contribution in [0.25, 0.3) is 0 Å². The van der Waals surface area contributed by atoms with Gasteiger partial charge >= 0.3 is 5.97 Å². The molecule has 0 aliphatic heterocycles. The van der Waals surface area contributed by atoms with Gasteiger partial charge in [0.15, 0.2) is 12.4 Å². The predicted molar refractivity (Wildman–Crippen MR) is 126 cm³/mol. The zero-order chi connectivity index (χ0) is 23.8. The lowest BCUT2D eigenvalue weighted by Gasteiger charge is -2.11. The van der Waals surface area contributed by atoms with Gasteiger partial charge < -0.3 is 9.47 Å². The molecule has 0 unspecified atom stereocenters. The van der Waals surface area contributed by atoms with Gasteiger partial charge in [0.2, 0.25) is 0 Å². The number of ether oxygens (including phenoxy) is 2. The lowest BCUT2D eigenvalue weighted by molar-refractivity contribution is -0.123. The molecule has 10 heteroatoms. The number of rotatable bonds is 7. The summed E-state index contributed by atoms with van der Waals surface area (Å²) in [6.45, 7) is -0.361. The summed E-state index contributed by atoms with van der Waals surface area (Å²) >= 11 is 6.66. The number of esters is 1. The normalized spacial score (nSPS) is 10.5. The monoisotopic (exact) mass is 573 g/mol. The number of nitriles is 1. The summed E-state index contributed by atoms with van der Waals surface area (Å²) in [5.74, 6) is -1.48. The Kier molecular flexibility index (Phi) is 8.29. The number of halogens is 3. The summed E-state index contributed by atoms with van der Waals surface area (Å²) < 4.78 is 25.3. The lowest BCUT2D eigenvalue weighted by atomic mass is 10.2. The van der Waals surface area contributed by atoms with Gasteiger partial charge in [-0.3, -0.25) is 4.79 Å². The first kappa shape index (κ1) is 24.1. The van der Waals surface area contributed by atoms with Gasteiger partial charge in [-0.25, -0.2) is 14.6 Å². The quantitative estimate of drug-likeness (QED) is 0.186. The van der Waals surface area contributed by atoms with Crippen LogP contribution in [0.3, 0.4) is 0 Å². The van der Waals surface area contributed by atoms with E-state index in [0.29, 0.717) is 20.1 Å². The first-order valence-corrected chi connectivity index (χ1v) is 10.9. The number of nitrogens with one attached hydrogen (secondary N) is 1. The molecule has 0 saturated carbocycles. The summed E-state index contributed by atoms with van der Waals surface area (Å²) in [6, 6.07) is 16.9. The summed E-state index contributed by atoms with van der Waals surface area (Å²) in [5.41, 5.74) is 3.00. The second kappa shape index (κ2) is 11.4. The Morgan fingerprint density at radius 3 is 2.67 bits per heavy atom. The van der Waals surface area contributed by atoms with Crippen molar-refractivity contribution in [3.05, 3.63) is 92.1 Å². The van der Waals surface area contributed by atoms with Crippen molar-refractivity contribution in [3.8, 4) is 17.6 Å². The molecule has 0 heterocycles. The third kappa shape index (κ3) is 6.71. The number of nitrogens with zero attached hydrogens (tertiary/aromatic N) is 2. The maximum atomic E-state index is 13.4. The molecule has 0 fully saturated rings. The Balaban J connectivity index is 1.69. The van der Waals surface area contributed by atoms with E-state index < -0.39 is 17.7 Å². The van der Waals surface area contributed by atoms with Crippen molar-refractivity contribution >= 4 is 50.0 Å². The molecule has 1 N–H and O–H groups in total. The SMILES string of the molecule is N#Cc1ccccc1OCC(=O)NN=Cc1cc(Br)cc(Br)c1OC(=O)c1cccc(F)c1. The number of hydrazone groups is 1. The van der Waals surface area contributed by atoms with E-state index in [1.165, 1.54) is 24.4 Å². The largest absolute Gasteiger partial charge is 0.482 e. The van der Waals surface area contributed by atoms with Crippen LogP contribution in [-0.2, 0) is 4.79 Å². The predicted octanol–water partition coefficient (Wildman–Crippen LogP) is 4.97. The first-order chi connectivity index (χ1) is 15.9. The molecule has 0 bridgehead atoms. The average molecular weight is 575 g/mol. The molecule has 166 valence electrons. The van der Waals surface area contributed by atoms with Crippen LogP contribution in [0.15, 0.2) is 74.7 Å². The molecule has 1 amide bonds. The Morgan fingerprint density at radius 1 is 1.12 bits per heavy atom. The summed E-state index contributed by atoms with van der Waals surface area (Å²) in [6.07, 6.45) is 1.28. The highest BCUT2D eigenvalue weighted by Crippen LogP contribution is 2.32. The van der Waals surface area contributed by atoms with Gasteiger partial charge in [-0.2, -0.15) is 10.4 Å². The molecule has 3 aromatic rings. The van der Waals surface area contributed by atoms with Crippen LogP contribution in [-0.4, -0.2) is 24.7 Å². The van der Waals surface area contributed by atoms with Crippen LogP contribution in [0.5, 0.6) is 11.5 Å². The van der Waals surface area contributed by atoms with Crippen molar-refractivity contribution in [3.63, 3.8) is 0 Å². The van der Waals surface area contributed by atoms with Crippen molar-refractivity contribution in [2.75, 3.05) is 6.61 Å². The molecule has 0 aromatic heterocycles. The van der Waals surface area contributed by atoms with Crippen LogP contribution in [0.4, 0.5) is 4.39 Å². The second-order valence-corrected chi connectivity index (χ2v) is 8.17. The Bertz CT molecular complexity index is 1270. The van der Waals surface area contributed by atoms with E-state index in [9.17, 15) is 14.0 Å². The number of carbonyl (C=O) groups is 2. The Labute approximate surface area is 205 Å². The number of hydrogen-bond acceptors (Lipinski definition) is 6. The number of carbonyl (C=O) groups excluding carboxylic acids is 2. The van der Waals surface area contributed by atoms with Crippen molar-refractivity contribution in [1.29, 1.82) is 5.26 Å². The van der Waals surface area contributed by atoms with Gasteiger partial charge in [-0.1, -0.05) is 34.1 Å². The Hall–Kier alpha value is -3.55. The standard InChI is InChI=1S/C23H14Br2FN3O4/c24-17-8-16(12-28-29-21(30)13-32-20-7-2-1-4-15(20)11-27)22(19(25)10-17)33-23(31)14-5-3-6-18(26)9-14/h1-10,12H,13H2,(H,29,30). The van der Waals surface area contributed by atoms with Gasteiger partial charge in [0.1, 0.15) is 17.6 Å². The minimum Gasteiger partial charge on any atom is -0.482 e. The highest BCUT2D eigenvalue weighted by molar-refractivity contribution is 9.11. The van der Waals surface area contributed by atoms with E-state index in [-0.39, 0.29) is 23.7 Å². The molecular formula is C23H14Br2FN3O4. The molecule has 33 heavy (non-hydrogen) atoms. The smallest absolute Gasteiger partial charge is 0.343 e. The molecule has 0 radical (unpaired) electrons. The highest BCUT2D eigenvalue weighted by Gasteiger charge is 2.16. The highest BCUT2D eigenvalue weighted by atomic mass is 79.9. The van der Waals surface area contributed by atoms with E-state index in [1.807, 2.05) is 6.07 Å². The van der Waals surface area contributed by atoms with Crippen molar-refractivity contribution < 1.29 is 23.5 Å². The van der Waals surface area contributed by atoms with Crippen LogP contribution in [0, 0.1) is 17.1 Å². The molecular weight excluding hydrogens is 561 g/mol. The van der Waals surface area contributed by atoms with E-state index in [4.69, 9.17) is 14.7 Å². The van der Waals surface area contributed by atoms with Crippen LogP contribution < -0.4 is 14.9 Å². The van der Waals surface area contributed by atoms with Crippen LogP contribution >= 0.6 is 31.9 Å². The topological polar surface area (TPSA) is 101 Å². The fourth-order valence-electron chi connectivity index (χ4n) is 2.59. The molecule has 0 atom stereocenters. The fourth-order valence-corrected chi connectivity index (χ4v) is 3.92. The molecule has 0 spiro atoms. The summed E-state index contributed by atoms with van der Waals surface area (Å²) in [5, 5.41) is 12.9. The van der Waals surface area contributed by atoms with Crippen molar-refractivity contribution in [2.24, 2.45) is 5.10 Å². The molecule has 7 nitrogen and oxygen atoms in total.